The van der Waals surface area contributed by atoms with Crippen molar-refractivity contribution in [3.8, 4) is 0 Å². The number of nitrogens with one attached hydrogen (secondary N) is 1. The van der Waals surface area contributed by atoms with Gasteiger partial charge in [-0.05, 0) is 49.9 Å². The number of para-hydroxylation sites is 1. The average molecular weight is 410 g/mol. The number of piperidine rings is 1. The van der Waals surface area contributed by atoms with Gasteiger partial charge in [0.15, 0.2) is 5.82 Å². The molecule has 2 heterocycles. The van der Waals surface area contributed by atoms with E-state index in [1.54, 1.807) is 6.07 Å². The second-order valence-corrected chi connectivity index (χ2v) is 7.49. The summed E-state index contributed by atoms with van der Waals surface area (Å²) >= 11 is 0. The number of nitroso groups, excluding NO2 is 1. The van der Waals surface area contributed by atoms with E-state index in [1.165, 1.54) is 24.2 Å². The first-order valence-electron chi connectivity index (χ1n) is 10.1. The molecule has 0 spiro atoms. The molecule has 2 aromatic carbocycles. The molecule has 4 rings (SSSR count). The van der Waals surface area contributed by atoms with Gasteiger partial charge in [0.25, 0.3) is 0 Å². The van der Waals surface area contributed by atoms with Crippen molar-refractivity contribution in [1.29, 1.82) is 0 Å². The van der Waals surface area contributed by atoms with E-state index in [1.807, 2.05) is 23.9 Å². The Balaban J connectivity index is 0.000000806. The zero-order valence-electron chi connectivity index (χ0n) is 17.7. The smallest absolute Gasteiger partial charge is 0.155 e. The van der Waals surface area contributed by atoms with Crippen LogP contribution in [0.5, 0.6) is 0 Å². The number of hydrogen-bond donors (Lipinski definition) is 1. The van der Waals surface area contributed by atoms with Crippen LogP contribution >= 0.6 is 0 Å². The monoisotopic (exact) mass is 409 g/mol. The molecule has 0 amide bonds. The predicted octanol–water partition coefficient (Wildman–Crippen LogP) is 5.38. The molecule has 158 valence electrons. The van der Waals surface area contributed by atoms with Crippen LogP contribution in [0.2, 0.25) is 0 Å². The molecule has 1 saturated heterocycles. The van der Waals surface area contributed by atoms with Crippen molar-refractivity contribution >= 4 is 17.2 Å². The molecular weight excluding hydrogens is 381 g/mol. The zero-order valence-corrected chi connectivity index (χ0v) is 17.7. The Morgan fingerprint density at radius 2 is 1.73 bits per heavy atom. The van der Waals surface area contributed by atoms with Gasteiger partial charge in [0, 0.05) is 37.6 Å². The summed E-state index contributed by atoms with van der Waals surface area (Å²) in [6, 6.07) is 15.4. The van der Waals surface area contributed by atoms with Gasteiger partial charge >= 0.3 is 0 Å². The highest BCUT2D eigenvalue weighted by atomic mass is 19.1. The van der Waals surface area contributed by atoms with E-state index in [4.69, 9.17) is 4.91 Å². The van der Waals surface area contributed by atoms with Crippen LogP contribution in [0.3, 0.4) is 0 Å². The van der Waals surface area contributed by atoms with Gasteiger partial charge in [0.2, 0.25) is 0 Å². The lowest BCUT2D eigenvalue weighted by Crippen LogP contribution is -2.33. The summed E-state index contributed by atoms with van der Waals surface area (Å²) in [6.07, 6.45) is 4.09. The molecule has 0 bridgehead atoms. The van der Waals surface area contributed by atoms with Gasteiger partial charge in [-0.2, -0.15) is 10.0 Å². The summed E-state index contributed by atoms with van der Waals surface area (Å²) < 4.78 is 15.9. The standard InChI is InChI=1S/C22H25FN4.CH3NO/c1-16-7-9-18(10-8-16)24-22-19(15-26(2)25-22)17-11-13-27(14-12-17)21-6-4-3-5-20(21)23;1-2-3/h3-10,15,17H,11-14H2,1-2H3,(H,24,25);1H3. The van der Waals surface area contributed by atoms with Gasteiger partial charge in [-0.3, -0.25) is 4.68 Å². The highest BCUT2D eigenvalue weighted by Crippen LogP contribution is 2.35. The van der Waals surface area contributed by atoms with Crippen LogP contribution in [0, 0.1) is 17.6 Å². The van der Waals surface area contributed by atoms with E-state index in [9.17, 15) is 4.39 Å². The Morgan fingerprint density at radius 1 is 1.10 bits per heavy atom. The number of hydrogen-bond acceptors (Lipinski definition) is 5. The van der Waals surface area contributed by atoms with Crippen molar-refractivity contribution in [3.63, 3.8) is 0 Å². The topological polar surface area (TPSA) is 62.5 Å². The van der Waals surface area contributed by atoms with E-state index in [2.05, 4.69) is 57.9 Å². The molecule has 0 aliphatic carbocycles. The van der Waals surface area contributed by atoms with Crippen LogP contribution in [-0.4, -0.2) is 29.9 Å². The number of aryl methyl sites for hydroxylation is 2. The van der Waals surface area contributed by atoms with E-state index >= 15 is 0 Å². The van der Waals surface area contributed by atoms with E-state index in [-0.39, 0.29) is 5.82 Å². The van der Waals surface area contributed by atoms with Gasteiger partial charge in [-0.1, -0.05) is 35.0 Å². The molecule has 1 N–H and O–H groups in total. The van der Waals surface area contributed by atoms with Gasteiger partial charge in [0.1, 0.15) is 5.82 Å². The Morgan fingerprint density at radius 3 is 2.37 bits per heavy atom. The van der Waals surface area contributed by atoms with Crippen molar-refractivity contribution in [2.75, 3.05) is 30.4 Å². The average Bonchev–Trinajstić information content (AvgIpc) is 3.11. The lowest BCUT2D eigenvalue weighted by atomic mass is 9.90. The zero-order chi connectivity index (χ0) is 21.5. The maximum Gasteiger partial charge on any atom is 0.155 e. The summed E-state index contributed by atoms with van der Waals surface area (Å²) in [7, 11) is 3.15. The van der Waals surface area contributed by atoms with Crippen LogP contribution in [0.15, 0.2) is 59.9 Å². The predicted molar refractivity (Wildman–Crippen MR) is 120 cm³/mol. The normalized spacial score (nSPS) is 14.1. The number of anilines is 3. The second kappa shape index (κ2) is 10.0. The fraction of sp³-hybridized carbons (Fsp3) is 0.348. The highest BCUT2D eigenvalue weighted by Gasteiger charge is 2.25. The molecule has 0 atom stereocenters. The molecule has 0 saturated carbocycles. The molecule has 1 aromatic heterocycles. The minimum atomic E-state index is -0.140. The fourth-order valence-electron chi connectivity index (χ4n) is 3.82. The Kier molecular flexibility index (Phi) is 7.17. The molecule has 1 aliphatic heterocycles. The summed E-state index contributed by atoms with van der Waals surface area (Å²) in [6.45, 7) is 3.79. The molecular formula is C23H28FN5O. The van der Waals surface area contributed by atoms with Crippen molar-refractivity contribution in [1.82, 2.24) is 9.78 Å². The van der Waals surface area contributed by atoms with E-state index < -0.39 is 0 Å². The molecule has 7 heteroatoms. The minimum absolute atomic E-state index is 0.140. The van der Waals surface area contributed by atoms with E-state index in [0.717, 1.165) is 37.4 Å². The molecule has 1 aliphatic rings. The maximum absolute atomic E-state index is 14.1. The first-order valence-corrected chi connectivity index (χ1v) is 10.1. The summed E-state index contributed by atoms with van der Waals surface area (Å²) in [5, 5.41) is 10.3. The SMILES string of the molecule is CN=O.Cc1ccc(Nc2nn(C)cc2C2CCN(c3ccccc3F)CC2)cc1. The van der Waals surface area contributed by atoms with Gasteiger partial charge in [-0.25, -0.2) is 4.39 Å². The van der Waals surface area contributed by atoms with E-state index in [0.29, 0.717) is 11.6 Å². The van der Waals surface area contributed by atoms with Crippen molar-refractivity contribution in [2.45, 2.75) is 25.7 Å². The van der Waals surface area contributed by atoms with Crippen LogP contribution in [0.4, 0.5) is 21.6 Å². The van der Waals surface area contributed by atoms with Crippen LogP contribution < -0.4 is 10.2 Å². The molecule has 30 heavy (non-hydrogen) atoms. The second-order valence-electron chi connectivity index (χ2n) is 7.49. The molecule has 3 aromatic rings. The third-order valence-electron chi connectivity index (χ3n) is 5.30. The number of nitrogens with zero attached hydrogens (tertiary/aromatic N) is 4. The quantitative estimate of drug-likeness (QED) is 0.588. The van der Waals surface area contributed by atoms with Crippen molar-refractivity contribution in [2.24, 2.45) is 12.2 Å². The Bertz CT molecular complexity index is 962. The maximum atomic E-state index is 14.1. The van der Waals surface area contributed by atoms with Gasteiger partial charge in [0.05, 0.1) is 12.7 Å². The number of rotatable bonds is 4. The summed E-state index contributed by atoms with van der Waals surface area (Å²) in [5.41, 5.74) is 4.23. The molecule has 6 nitrogen and oxygen atoms in total. The lowest BCUT2D eigenvalue weighted by Gasteiger charge is -2.33. The molecule has 0 unspecified atom stereocenters. The Labute approximate surface area is 176 Å². The highest BCUT2D eigenvalue weighted by molar-refractivity contribution is 5.60. The number of aromatic nitrogens is 2. The number of benzene rings is 2. The van der Waals surface area contributed by atoms with Gasteiger partial charge < -0.3 is 10.2 Å². The van der Waals surface area contributed by atoms with Gasteiger partial charge in [-0.15, -0.1) is 0 Å². The third kappa shape index (κ3) is 5.23. The number of halogens is 1. The lowest BCUT2D eigenvalue weighted by molar-refractivity contribution is 0.498. The fourth-order valence-corrected chi connectivity index (χ4v) is 3.82. The van der Waals surface area contributed by atoms with Crippen LogP contribution in [0.1, 0.15) is 29.9 Å². The molecule has 1 fully saturated rings. The summed E-state index contributed by atoms with van der Waals surface area (Å²) in [5.74, 6) is 1.21. The third-order valence-corrected chi connectivity index (χ3v) is 5.30. The van der Waals surface area contributed by atoms with Crippen molar-refractivity contribution < 1.29 is 4.39 Å². The Hall–Kier alpha value is -3.22. The minimum Gasteiger partial charge on any atom is -0.369 e. The first kappa shape index (κ1) is 21.5. The molecule has 0 radical (unpaired) electrons. The van der Waals surface area contributed by atoms with Crippen LogP contribution in [0.25, 0.3) is 0 Å². The first-order chi connectivity index (χ1) is 14.5. The summed E-state index contributed by atoms with van der Waals surface area (Å²) in [4.78, 5) is 10.7. The van der Waals surface area contributed by atoms with Crippen molar-refractivity contribution in [3.05, 3.63) is 76.6 Å². The largest absolute Gasteiger partial charge is 0.369 e. The van der Waals surface area contributed by atoms with Crippen LogP contribution in [-0.2, 0) is 7.05 Å².